The summed E-state index contributed by atoms with van der Waals surface area (Å²) in [6, 6.07) is 19.9. The molecule has 1 aromatic heterocycles. The van der Waals surface area contributed by atoms with Crippen LogP contribution >= 0.6 is 11.6 Å². The van der Waals surface area contributed by atoms with Gasteiger partial charge in [-0.1, -0.05) is 48.0 Å². The van der Waals surface area contributed by atoms with Gasteiger partial charge in [-0.3, -0.25) is 4.79 Å². The predicted molar refractivity (Wildman–Crippen MR) is 130 cm³/mol. The molecule has 1 atom stereocenters. The average Bonchev–Trinajstić information content (AvgIpc) is 3.53. The number of ether oxygens (including phenoxy) is 1. The van der Waals surface area contributed by atoms with E-state index in [2.05, 4.69) is 5.32 Å². The van der Waals surface area contributed by atoms with Crippen LogP contribution in [0.15, 0.2) is 77.4 Å². The van der Waals surface area contributed by atoms with Crippen molar-refractivity contribution >= 4 is 29.2 Å². The number of nitrogens with zero attached hydrogens (tertiary/aromatic N) is 2. The number of hydrogen-bond acceptors (Lipinski definition) is 4. The zero-order valence-corrected chi connectivity index (χ0v) is 19.6. The van der Waals surface area contributed by atoms with Crippen molar-refractivity contribution in [2.24, 2.45) is 0 Å². The van der Waals surface area contributed by atoms with E-state index >= 15 is 0 Å². The van der Waals surface area contributed by atoms with Gasteiger partial charge in [0.15, 0.2) is 0 Å². The lowest BCUT2D eigenvalue weighted by molar-refractivity contribution is -0.133. The number of rotatable bonds is 9. The minimum Gasteiger partial charge on any atom is -0.467 e. The molecule has 8 heteroatoms. The fraction of sp³-hybridized carbons (Fsp3) is 0.308. The number of amides is 3. The third-order valence-corrected chi connectivity index (χ3v) is 5.87. The zero-order chi connectivity index (χ0) is 23.8. The summed E-state index contributed by atoms with van der Waals surface area (Å²) < 4.78 is 11.2. The lowest BCUT2D eigenvalue weighted by atomic mass is 10.2. The van der Waals surface area contributed by atoms with Crippen LogP contribution in [0.25, 0.3) is 0 Å². The van der Waals surface area contributed by atoms with Crippen molar-refractivity contribution in [3.8, 4) is 0 Å². The quantitative estimate of drug-likeness (QED) is 0.457. The van der Waals surface area contributed by atoms with Gasteiger partial charge in [-0.2, -0.15) is 0 Å². The number of furan rings is 1. The summed E-state index contributed by atoms with van der Waals surface area (Å²) in [7, 11) is 0. The Kier molecular flexibility index (Phi) is 8.22. The minimum atomic E-state index is -0.372. The first-order valence-electron chi connectivity index (χ1n) is 11.3. The van der Waals surface area contributed by atoms with Gasteiger partial charge >= 0.3 is 6.03 Å². The standard InChI is InChI=1S/C26H28ClN3O4/c27-21-9-4-10-22(15-21)28-26(32)30(18-24-12-6-14-34-24)19-25(31)29(17-23-11-5-13-33-23)16-20-7-2-1-3-8-20/h1-5,7-11,13,15,24H,6,12,14,16-19H2,(H,28,32). The molecule has 1 N–H and O–H groups in total. The molecule has 0 aliphatic carbocycles. The van der Waals surface area contributed by atoms with Gasteiger partial charge in [0, 0.05) is 30.4 Å². The van der Waals surface area contributed by atoms with Crippen molar-refractivity contribution in [3.63, 3.8) is 0 Å². The first-order chi connectivity index (χ1) is 16.6. The van der Waals surface area contributed by atoms with E-state index < -0.39 is 0 Å². The maximum Gasteiger partial charge on any atom is 0.322 e. The maximum atomic E-state index is 13.5. The SMILES string of the molecule is O=C(CN(CC1CCCO1)C(=O)Nc1cccc(Cl)c1)N(Cc1ccccc1)Cc1ccco1. The Balaban J connectivity index is 1.50. The van der Waals surface area contributed by atoms with E-state index in [9.17, 15) is 9.59 Å². The summed E-state index contributed by atoms with van der Waals surface area (Å²) in [5.74, 6) is 0.498. The highest BCUT2D eigenvalue weighted by Gasteiger charge is 2.27. The van der Waals surface area contributed by atoms with Gasteiger partial charge < -0.3 is 24.3 Å². The van der Waals surface area contributed by atoms with Crippen LogP contribution in [0, 0.1) is 0 Å². The van der Waals surface area contributed by atoms with Crippen LogP contribution in [0.4, 0.5) is 10.5 Å². The molecule has 3 amide bonds. The molecule has 178 valence electrons. The number of urea groups is 1. The van der Waals surface area contributed by atoms with E-state index in [0.717, 1.165) is 18.4 Å². The van der Waals surface area contributed by atoms with E-state index in [1.165, 1.54) is 4.90 Å². The Bertz CT molecular complexity index is 1070. The third kappa shape index (κ3) is 6.85. The molecule has 1 saturated heterocycles. The topological polar surface area (TPSA) is 75.0 Å². The number of nitrogens with one attached hydrogen (secondary N) is 1. The fourth-order valence-corrected chi connectivity index (χ4v) is 4.10. The van der Waals surface area contributed by atoms with E-state index in [-0.39, 0.29) is 24.6 Å². The highest BCUT2D eigenvalue weighted by atomic mass is 35.5. The minimum absolute atomic E-state index is 0.0835. The van der Waals surface area contributed by atoms with Crippen LogP contribution in [0.5, 0.6) is 0 Å². The largest absolute Gasteiger partial charge is 0.467 e. The van der Waals surface area contributed by atoms with Crippen molar-refractivity contribution in [2.45, 2.75) is 32.0 Å². The first-order valence-corrected chi connectivity index (χ1v) is 11.7. The molecule has 1 aliphatic rings. The van der Waals surface area contributed by atoms with Gasteiger partial charge in [0.25, 0.3) is 0 Å². The van der Waals surface area contributed by atoms with Crippen LogP contribution < -0.4 is 5.32 Å². The molecule has 7 nitrogen and oxygen atoms in total. The molecule has 3 aromatic rings. The van der Waals surface area contributed by atoms with Gasteiger partial charge in [-0.25, -0.2) is 4.79 Å². The van der Waals surface area contributed by atoms with Crippen molar-refractivity contribution in [1.29, 1.82) is 0 Å². The van der Waals surface area contributed by atoms with Crippen molar-refractivity contribution in [1.82, 2.24) is 9.80 Å². The molecule has 2 aromatic carbocycles. The van der Waals surface area contributed by atoms with Crippen LogP contribution in [0.3, 0.4) is 0 Å². The van der Waals surface area contributed by atoms with Gasteiger partial charge in [-0.05, 0) is 48.7 Å². The fourth-order valence-electron chi connectivity index (χ4n) is 3.91. The van der Waals surface area contributed by atoms with E-state index in [1.807, 2.05) is 36.4 Å². The Labute approximate surface area is 204 Å². The normalized spacial score (nSPS) is 15.1. The molecule has 34 heavy (non-hydrogen) atoms. The number of carbonyl (C=O) groups is 2. The Morgan fingerprint density at radius 2 is 1.85 bits per heavy atom. The molecule has 2 heterocycles. The molecule has 1 aliphatic heterocycles. The molecular formula is C26H28ClN3O4. The summed E-state index contributed by atoms with van der Waals surface area (Å²) in [5, 5.41) is 3.37. The van der Waals surface area contributed by atoms with Gasteiger partial charge in [0.05, 0.1) is 18.9 Å². The highest BCUT2D eigenvalue weighted by molar-refractivity contribution is 6.30. The molecule has 1 fully saturated rings. The van der Waals surface area contributed by atoms with Crippen LogP contribution in [-0.4, -0.2) is 47.5 Å². The monoisotopic (exact) mass is 481 g/mol. The molecular weight excluding hydrogens is 454 g/mol. The Hall–Kier alpha value is -3.29. The molecule has 0 spiro atoms. The predicted octanol–water partition coefficient (Wildman–Crippen LogP) is 5.17. The summed E-state index contributed by atoms with van der Waals surface area (Å²) in [6.45, 7) is 1.63. The lowest BCUT2D eigenvalue weighted by Crippen LogP contribution is -2.46. The molecule has 0 bridgehead atoms. The van der Waals surface area contributed by atoms with Crippen molar-refractivity contribution in [2.75, 3.05) is 25.0 Å². The highest BCUT2D eigenvalue weighted by Crippen LogP contribution is 2.18. The molecule has 0 radical (unpaired) electrons. The van der Waals surface area contributed by atoms with Crippen LogP contribution in [0.2, 0.25) is 5.02 Å². The number of hydrogen-bond donors (Lipinski definition) is 1. The van der Waals surface area contributed by atoms with Crippen LogP contribution in [-0.2, 0) is 22.6 Å². The van der Waals surface area contributed by atoms with Gasteiger partial charge in [-0.15, -0.1) is 0 Å². The second kappa shape index (κ2) is 11.7. The summed E-state index contributed by atoms with van der Waals surface area (Å²) >= 11 is 6.06. The summed E-state index contributed by atoms with van der Waals surface area (Å²) in [5.41, 5.74) is 1.57. The summed E-state index contributed by atoms with van der Waals surface area (Å²) in [4.78, 5) is 29.9. The Morgan fingerprint density at radius 1 is 1.00 bits per heavy atom. The number of carbonyl (C=O) groups excluding carboxylic acids is 2. The van der Waals surface area contributed by atoms with Crippen molar-refractivity contribution < 1.29 is 18.7 Å². The van der Waals surface area contributed by atoms with Gasteiger partial charge in [0.2, 0.25) is 5.91 Å². The Morgan fingerprint density at radius 3 is 2.56 bits per heavy atom. The second-order valence-corrected chi connectivity index (χ2v) is 8.71. The summed E-state index contributed by atoms with van der Waals surface area (Å²) in [6.07, 6.45) is 3.30. The molecule has 4 rings (SSSR count). The van der Waals surface area contributed by atoms with Crippen molar-refractivity contribution in [3.05, 3.63) is 89.3 Å². The second-order valence-electron chi connectivity index (χ2n) is 8.27. The van der Waals surface area contributed by atoms with E-state index in [1.54, 1.807) is 41.5 Å². The zero-order valence-electron chi connectivity index (χ0n) is 18.9. The molecule has 0 saturated carbocycles. The smallest absolute Gasteiger partial charge is 0.322 e. The third-order valence-electron chi connectivity index (χ3n) is 5.63. The number of benzene rings is 2. The van der Waals surface area contributed by atoms with Crippen LogP contribution in [0.1, 0.15) is 24.2 Å². The number of anilines is 1. The maximum absolute atomic E-state index is 13.5. The average molecular weight is 482 g/mol. The van der Waals surface area contributed by atoms with E-state index in [4.69, 9.17) is 20.8 Å². The molecule has 1 unspecified atom stereocenters. The van der Waals surface area contributed by atoms with Gasteiger partial charge in [0.1, 0.15) is 12.3 Å². The number of halogens is 1. The lowest BCUT2D eigenvalue weighted by Gasteiger charge is -2.29. The van der Waals surface area contributed by atoms with E-state index in [0.29, 0.717) is 42.7 Å². The first kappa shape index (κ1) is 23.9.